The zero-order valence-corrected chi connectivity index (χ0v) is 13.9. The van der Waals surface area contributed by atoms with Gasteiger partial charge in [-0.2, -0.15) is 0 Å². The molecular weight excluding hydrogens is 338 g/mol. The van der Waals surface area contributed by atoms with Gasteiger partial charge < -0.3 is 15.2 Å². The molecule has 1 aromatic carbocycles. The molecule has 2 unspecified atom stereocenters. The number of carbonyl (C=O) groups excluding carboxylic acids is 4. The van der Waals surface area contributed by atoms with Crippen molar-refractivity contribution in [3.05, 3.63) is 34.3 Å². The molecule has 2 atom stereocenters. The molecule has 0 bridgehead atoms. The van der Waals surface area contributed by atoms with E-state index in [-0.39, 0.29) is 18.6 Å². The van der Waals surface area contributed by atoms with Crippen LogP contribution in [-0.2, 0) is 29.3 Å². The van der Waals surface area contributed by atoms with Gasteiger partial charge in [-0.15, -0.1) is 0 Å². The number of amides is 1. The third-order valence-corrected chi connectivity index (χ3v) is 4.16. The van der Waals surface area contributed by atoms with Gasteiger partial charge in [-0.05, 0) is 24.6 Å². The maximum Gasteiger partial charge on any atom is 0.397 e. The Hall–Kier alpha value is -2.41. The summed E-state index contributed by atoms with van der Waals surface area (Å²) in [4.78, 5) is 47.1. The Morgan fingerprint density at radius 2 is 2.00 bits per heavy atom. The van der Waals surface area contributed by atoms with Crippen LogP contribution in [0.2, 0.25) is 5.02 Å². The van der Waals surface area contributed by atoms with E-state index in [9.17, 15) is 19.2 Å². The maximum absolute atomic E-state index is 12.6. The molecule has 0 spiro atoms. The Labute approximate surface area is 143 Å². The molecule has 24 heavy (non-hydrogen) atoms. The fourth-order valence-corrected chi connectivity index (χ4v) is 3.01. The van der Waals surface area contributed by atoms with Crippen molar-refractivity contribution in [2.75, 3.05) is 6.61 Å². The highest BCUT2D eigenvalue weighted by molar-refractivity contribution is 6.32. The Morgan fingerprint density at radius 1 is 1.33 bits per heavy atom. The number of halogens is 1. The van der Waals surface area contributed by atoms with Crippen LogP contribution in [0.25, 0.3) is 0 Å². The van der Waals surface area contributed by atoms with Gasteiger partial charge in [0, 0.05) is 16.0 Å². The fourth-order valence-electron chi connectivity index (χ4n) is 2.84. The number of hydrogen-bond donors (Lipinski definition) is 1. The number of nitrogens with two attached hydrogens (primary N) is 1. The second-order valence-electron chi connectivity index (χ2n) is 5.60. The minimum atomic E-state index is -1.37. The number of ether oxygens (including phenoxy) is 2. The largest absolute Gasteiger partial charge is 0.466 e. The highest BCUT2D eigenvalue weighted by Crippen LogP contribution is 2.44. The van der Waals surface area contributed by atoms with Gasteiger partial charge in [0.25, 0.3) is 0 Å². The Kier molecular flexibility index (Phi) is 4.94. The summed E-state index contributed by atoms with van der Waals surface area (Å²) in [6, 6.07) is 4.59. The van der Waals surface area contributed by atoms with Gasteiger partial charge in [-0.25, -0.2) is 4.79 Å². The first-order valence-electron chi connectivity index (χ1n) is 7.21. The smallest absolute Gasteiger partial charge is 0.397 e. The lowest BCUT2D eigenvalue weighted by molar-refractivity contribution is -0.159. The summed E-state index contributed by atoms with van der Waals surface area (Å²) in [5.41, 5.74) is 4.43. The minimum absolute atomic E-state index is 0.169. The van der Waals surface area contributed by atoms with Gasteiger partial charge in [0.1, 0.15) is 0 Å². The first kappa shape index (κ1) is 17.9. The Morgan fingerprint density at radius 3 is 2.58 bits per heavy atom. The van der Waals surface area contributed by atoms with Crippen LogP contribution < -0.4 is 5.73 Å². The highest BCUT2D eigenvalue weighted by Gasteiger charge is 2.53. The molecule has 2 rings (SSSR count). The van der Waals surface area contributed by atoms with Crippen LogP contribution in [0.15, 0.2) is 18.2 Å². The van der Waals surface area contributed by atoms with Crippen molar-refractivity contribution in [3.8, 4) is 0 Å². The minimum Gasteiger partial charge on any atom is -0.466 e. The van der Waals surface area contributed by atoms with E-state index >= 15 is 0 Å². The first-order valence-corrected chi connectivity index (χ1v) is 7.58. The third kappa shape index (κ3) is 3.12. The molecule has 0 fully saturated rings. The molecule has 0 saturated heterocycles. The summed E-state index contributed by atoms with van der Waals surface area (Å²) in [6.45, 7) is 3.40. The van der Waals surface area contributed by atoms with Gasteiger partial charge in [-0.1, -0.05) is 24.6 Å². The number of carbonyl (C=O) groups is 4. The number of Topliss-reactive ketones (excluding diaryl/α,β-unsaturated/α-hetero) is 1. The van der Waals surface area contributed by atoms with Crippen molar-refractivity contribution in [1.82, 2.24) is 0 Å². The van der Waals surface area contributed by atoms with Crippen molar-refractivity contribution in [2.45, 2.75) is 31.8 Å². The van der Waals surface area contributed by atoms with Gasteiger partial charge >= 0.3 is 17.8 Å². The fraction of sp³-hybridized carbons (Fsp3) is 0.375. The summed E-state index contributed by atoms with van der Waals surface area (Å²) in [7, 11) is 0. The summed E-state index contributed by atoms with van der Waals surface area (Å²) in [6.07, 6.45) is -1.58. The summed E-state index contributed by atoms with van der Waals surface area (Å²) < 4.78 is 9.92. The Bertz CT molecular complexity index is 731. The summed E-state index contributed by atoms with van der Waals surface area (Å²) in [5.74, 6) is -3.78. The molecule has 8 heteroatoms. The lowest BCUT2D eigenvalue weighted by atomic mass is 9.79. The first-order chi connectivity index (χ1) is 11.2. The molecule has 0 saturated carbocycles. The van der Waals surface area contributed by atoms with E-state index in [0.29, 0.717) is 10.6 Å². The van der Waals surface area contributed by atoms with Crippen molar-refractivity contribution in [1.29, 1.82) is 0 Å². The van der Waals surface area contributed by atoms with Crippen LogP contribution >= 0.6 is 11.6 Å². The van der Waals surface area contributed by atoms with Gasteiger partial charge in [0.05, 0.1) is 13.0 Å². The predicted molar refractivity (Wildman–Crippen MR) is 83.5 cm³/mol. The number of rotatable bonds is 4. The monoisotopic (exact) mass is 353 g/mol. The quantitative estimate of drug-likeness (QED) is 0.641. The van der Waals surface area contributed by atoms with Gasteiger partial charge in [-0.3, -0.25) is 14.4 Å². The second-order valence-corrected chi connectivity index (χ2v) is 6.04. The van der Waals surface area contributed by atoms with E-state index in [0.717, 1.165) is 0 Å². The van der Waals surface area contributed by atoms with Crippen LogP contribution in [-0.4, -0.2) is 36.3 Å². The van der Waals surface area contributed by atoms with Crippen molar-refractivity contribution in [2.24, 2.45) is 5.73 Å². The summed E-state index contributed by atoms with van der Waals surface area (Å²) >= 11 is 5.92. The van der Waals surface area contributed by atoms with E-state index < -0.39 is 35.1 Å². The van der Waals surface area contributed by atoms with E-state index in [1.807, 2.05) is 0 Å². The molecule has 1 aliphatic carbocycles. The average Bonchev–Trinajstić information content (AvgIpc) is 2.68. The third-order valence-electron chi connectivity index (χ3n) is 3.92. The van der Waals surface area contributed by atoms with Crippen molar-refractivity contribution >= 4 is 35.2 Å². The van der Waals surface area contributed by atoms with Crippen molar-refractivity contribution in [3.63, 3.8) is 0 Å². The van der Waals surface area contributed by atoms with Gasteiger partial charge in [0.2, 0.25) is 5.78 Å². The molecule has 0 aromatic heterocycles. The zero-order chi connectivity index (χ0) is 18.1. The summed E-state index contributed by atoms with van der Waals surface area (Å²) in [5, 5.41) is 0.322. The number of primary amides is 1. The van der Waals surface area contributed by atoms with Crippen LogP contribution in [0.4, 0.5) is 0 Å². The standard InChI is InChI=1S/C16H16ClNO6/c1-3-23-11(19)7-16(2)10-5-4-8(17)6-9(10)12(20)13(16)24-15(22)14(18)21/h4-6,13H,3,7H2,1-2H3,(H2,18,21). The maximum atomic E-state index is 12.6. The number of ketones is 1. The number of hydrogen-bond acceptors (Lipinski definition) is 6. The van der Waals surface area contributed by atoms with Gasteiger partial charge in [0.15, 0.2) is 6.10 Å². The van der Waals surface area contributed by atoms with E-state index in [1.54, 1.807) is 26.0 Å². The molecule has 1 aliphatic rings. The van der Waals surface area contributed by atoms with E-state index in [4.69, 9.17) is 26.8 Å². The molecule has 1 amide bonds. The molecule has 0 heterocycles. The van der Waals surface area contributed by atoms with Crippen LogP contribution in [0.3, 0.4) is 0 Å². The molecule has 128 valence electrons. The SMILES string of the molecule is CCOC(=O)CC1(C)c2ccc(Cl)cc2C(=O)C1OC(=O)C(N)=O. The Balaban J connectivity index is 2.48. The number of fused-ring (bicyclic) bond motifs is 1. The highest BCUT2D eigenvalue weighted by atomic mass is 35.5. The molecule has 1 aromatic rings. The number of esters is 2. The average molecular weight is 354 g/mol. The second kappa shape index (κ2) is 6.60. The topological polar surface area (TPSA) is 113 Å². The molecule has 2 N–H and O–H groups in total. The van der Waals surface area contributed by atoms with Crippen molar-refractivity contribution < 1.29 is 28.7 Å². The van der Waals surface area contributed by atoms with E-state index in [1.165, 1.54) is 6.07 Å². The molecular formula is C16H16ClNO6. The lowest BCUT2D eigenvalue weighted by Crippen LogP contribution is -2.43. The van der Waals surface area contributed by atoms with Crippen LogP contribution in [0.1, 0.15) is 36.2 Å². The van der Waals surface area contributed by atoms with E-state index in [2.05, 4.69) is 0 Å². The molecule has 7 nitrogen and oxygen atoms in total. The molecule has 0 aliphatic heterocycles. The van der Waals surface area contributed by atoms with Crippen LogP contribution in [0, 0.1) is 0 Å². The number of benzene rings is 1. The predicted octanol–water partition coefficient (Wildman–Crippen LogP) is 1.14. The molecule has 0 radical (unpaired) electrons. The normalized spacial score (nSPS) is 22.0. The lowest BCUT2D eigenvalue weighted by Gasteiger charge is -2.29. The van der Waals surface area contributed by atoms with Crippen LogP contribution in [0.5, 0.6) is 0 Å². The zero-order valence-electron chi connectivity index (χ0n) is 13.1.